The van der Waals surface area contributed by atoms with E-state index in [-0.39, 0.29) is 37.5 Å². The van der Waals surface area contributed by atoms with Crippen LogP contribution in [-0.2, 0) is 18.3 Å². The second kappa shape index (κ2) is 7.33. The summed E-state index contributed by atoms with van der Waals surface area (Å²) in [4.78, 5) is 31.0. The number of amides is 1. The van der Waals surface area contributed by atoms with Crippen molar-refractivity contribution < 1.29 is 19.8 Å². The number of aliphatic carboxylic acids is 1. The van der Waals surface area contributed by atoms with Gasteiger partial charge in [-0.15, -0.1) is 0 Å². The lowest BCUT2D eigenvalue weighted by Gasteiger charge is -2.42. The van der Waals surface area contributed by atoms with Gasteiger partial charge in [-0.3, -0.25) is 9.59 Å². The van der Waals surface area contributed by atoms with E-state index >= 15 is 0 Å². The first-order valence-corrected chi connectivity index (χ1v) is 9.57. The number of rotatable bonds is 4. The van der Waals surface area contributed by atoms with Crippen LogP contribution in [-0.4, -0.2) is 55.7 Å². The van der Waals surface area contributed by atoms with Gasteiger partial charge in [0.25, 0.3) is 5.91 Å². The highest BCUT2D eigenvalue weighted by Gasteiger charge is 2.49. The number of aromatic nitrogens is 2. The molecule has 2 N–H and O–H groups in total. The van der Waals surface area contributed by atoms with E-state index in [2.05, 4.69) is 4.98 Å². The van der Waals surface area contributed by atoms with Crippen molar-refractivity contribution in [1.29, 1.82) is 0 Å². The number of pyridine rings is 1. The molecular formula is C22H23N3O4. The number of aliphatic hydroxyl groups excluding tert-OH is 1. The molecule has 0 spiro atoms. The number of likely N-dealkylation sites (tertiary alicyclic amines) is 1. The molecule has 1 aliphatic rings. The van der Waals surface area contributed by atoms with Crippen LogP contribution in [0.1, 0.15) is 22.5 Å². The molecule has 0 bridgehead atoms. The molecule has 1 aliphatic heterocycles. The minimum atomic E-state index is -1.31. The molecule has 0 radical (unpaired) electrons. The van der Waals surface area contributed by atoms with Crippen molar-refractivity contribution in [3.63, 3.8) is 0 Å². The molecule has 0 aliphatic carbocycles. The van der Waals surface area contributed by atoms with Crippen LogP contribution in [0.3, 0.4) is 0 Å². The lowest BCUT2D eigenvalue weighted by Crippen LogP contribution is -2.57. The fourth-order valence-corrected chi connectivity index (χ4v) is 4.07. The summed E-state index contributed by atoms with van der Waals surface area (Å²) in [5.41, 5.74) is 0.535. The Balaban J connectivity index is 1.55. The summed E-state index contributed by atoms with van der Waals surface area (Å²) in [5, 5.41) is 21.7. The molecule has 1 saturated heterocycles. The van der Waals surface area contributed by atoms with E-state index in [1.807, 2.05) is 60.3 Å². The number of carbonyl (C=O) groups excluding carboxylic acids is 1. The van der Waals surface area contributed by atoms with Gasteiger partial charge >= 0.3 is 5.97 Å². The predicted octanol–water partition coefficient (Wildman–Crippen LogP) is 2.09. The normalized spacial score (nSPS) is 22.0. The smallest absolute Gasteiger partial charge is 0.312 e. The average molecular weight is 393 g/mol. The van der Waals surface area contributed by atoms with Gasteiger partial charge in [-0.2, -0.15) is 0 Å². The number of carboxylic acid groups (broad SMARTS) is 1. The topological polar surface area (TPSA) is 95.7 Å². The number of aryl methyl sites for hydroxylation is 1. The molecule has 29 heavy (non-hydrogen) atoms. The van der Waals surface area contributed by atoms with E-state index in [0.717, 1.165) is 10.9 Å². The summed E-state index contributed by atoms with van der Waals surface area (Å²) in [7, 11) is 1.86. The van der Waals surface area contributed by atoms with Crippen molar-refractivity contribution in [1.82, 2.24) is 14.5 Å². The number of carbonyl (C=O) groups is 2. The SMILES string of the molecule is Cn1ccc2ccc(C(=O)N3CC[C@](Cc4ccccc4)(C(=O)O)[C@@H](O)C3)nc21. The quantitative estimate of drug-likeness (QED) is 0.708. The number of hydrogen-bond donors (Lipinski definition) is 2. The van der Waals surface area contributed by atoms with E-state index in [1.54, 1.807) is 6.07 Å². The summed E-state index contributed by atoms with van der Waals surface area (Å²) in [6.45, 7) is 0.215. The summed E-state index contributed by atoms with van der Waals surface area (Å²) in [5.74, 6) is -1.34. The van der Waals surface area contributed by atoms with Gasteiger partial charge in [-0.25, -0.2) is 4.98 Å². The molecule has 4 rings (SSSR count). The number of nitrogens with zero attached hydrogens (tertiary/aromatic N) is 3. The van der Waals surface area contributed by atoms with E-state index in [4.69, 9.17) is 0 Å². The lowest BCUT2D eigenvalue weighted by molar-refractivity contribution is -0.161. The van der Waals surface area contributed by atoms with Crippen molar-refractivity contribution in [2.45, 2.75) is 18.9 Å². The molecule has 150 valence electrons. The van der Waals surface area contributed by atoms with Crippen LogP contribution in [0.25, 0.3) is 11.0 Å². The van der Waals surface area contributed by atoms with Gasteiger partial charge in [-0.05, 0) is 36.6 Å². The lowest BCUT2D eigenvalue weighted by atomic mass is 9.71. The average Bonchev–Trinajstić information content (AvgIpc) is 3.10. The summed E-state index contributed by atoms with van der Waals surface area (Å²) in [6, 6.07) is 14.7. The first-order chi connectivity index (χ1) is 13.9. The Labute approximate surface area is 168 Å². The third-order valence-corrected chi connectivity index (χ3v) is 5.87. The first kappa shape index (κ1) is 19.1. The van der Waals surface area contributed by atoms with Crippen LogP contribution < -0.4 is 0 Å². The molecule has 0 unspecified atom stereocenters. The van der Waals surface area contributed by atoms with Crippen molar-refractivity contribution in [3.8, 4) is 0 Å². The molecule has 3 heterocycles. The molecule has 1 amide bonds. The van der Waals surface area contributed by atoms with Gasteiger partial charge in [-0.1, -0.05) is 30.3 Å². The van der Waals surface area contributed by atoms with Gasteiger partial charge in [0.05, 0.1) is 6.10 Å². The second-order valence-electron chi connectivity index (χ2n) is 7.68. The van der Waals surface area contributed by atoms with Gasteiger partial charge in [0.1, 0.15) is 16.8 Å². The van der Waals surface area contributed by atoms with Crippen LogP contribution in [0.4, 0.5) is 0 Å². The van der Waals surface area contributed by atoms with Crippen LogP contribution >= 0.6 is 0 Å². The highest BCUT2D eigenvalue weighted by molar-refractivity contribution is 5.95. The number of fused-ring (bicyclic) bond motifs is 1. The molecule has 1 aromatic carbocycles. The number of β-amino-alcohol motifs (C(OH)–C–C–N with tert-alkyl or cyclic N) is 1. The third-order valence-electron chi connectivity index (χ3n) is 5.87. The number of piperidine rings is 1. The Kier molecular flexibility index (Phi) is 4.84. The number of benzene rings is 1. The Morgan fingerprint density at radius 2 is 1.93 bits per heavy atom. The molecule has 2 atom stereocenters. The van der Waals surface area contributed by atoms with Gasteiger partial charge in [0.15, 0.2) is 0 Å². The van der Waals surface area contributed by atoms with Crippen molar-refractivity contribution >= 4 is 22.9 Å². The minimum Gasteiger partial charge on any atom is -0.481 e. The zero-order valence-electron chi connectivity index (χ0n) is 16.2. The number of aliphatic hydroxyl groups is 1. The predicted molar refractivity (Wildman–Crippen MR) is 107 cm³/mol. The Hall–Kier alpha value is -3.19. The fraction of sp³-hybridized carbons (Fsp3) is 0.318. The Morgan fingerprint density at radius 3 is 2.62 bits per heavy atom. The second-order valence-corrected chi connectivity index (χ2v) is 7.68. The minimum absolute atomic E-state index is 0.0369. The van der Waals surface area contributed by atoms with Crippen molar-refractivity contribution in [2.24, 2.45) is 12.5 Å². The van der Waals surface area contributed by atoms with E-state index in [1.165, 1.54) is 4.90 Å². The molecule has 2 aromatic heterocycles. The van der Waals surface area contributed by atoms with Gasteiger partial charge in [0.2, 0.25) is 0 Å². The molecular weight excluding hydrogens is 370 g/mol. The largest absolute Gasteiger partial charge is 0.481 e. The number of hydrogen-bond acceptors (Lipinski definition) is 4. The molecule has 7 nitrogen and oxygen atoms in total. The third kappa shape index (κ3) is 3.38. The molecule has 3 aromatic rings. The van der Waals surface area contributed by atoms with Crippen LogP contribution in [0.15, 0.2) is 54.7 Å². The zero-order chi connectivity index (χ0) is 20.6. The first-order valence-electron chi connectivity index (χ1n) is 9.57. The molecule has 0 saturated carbocycles. The summed E-state index contributed by atoms with van der Waals surface area (Å²) >= 11 is 0. The van der Waals surface area contributed by atoms with Crippen molar-refractivity contribution in [3.05, 3.63) is 66.0 Å². The van der Waals surface area contributed by atoms with Crippen molar-refractivity contribution in [2.75, 3.05) is 13.1 Å². The maximum atomic E-state index is 13.0. The van der Waals surface area contributed by atoms with E-state index < -0.39 is 17.5 Å². The maximum absolute atomic E-state index is 13.0. The highest BCUT2D eigenvalue weighted by Crippen LogP contribution is 2.36. The standard InChI is InChI=1S/C22H23N3O4/c1-24-11-9-16-7-8-17(23-19(16)24)20(27)25-12-10-22(21(28)29,18(26)14-25)13-15-5-3-2-4-6-15/h2-9,11,18,26H,10,12-14H2,1H3,(H,28,29)/t18-,22+/m0/s1. The highest BCUT2D eigenvalue weighted by atomic mass is 16.4. The Morgan fingerprint density at radius 1 is 1.17 bits per heavy atom. The van der Waals surface area contributed by atoms with Gasteiger partial charge in [0, 0.05) is 31.7 Å². The molecule has 7 heteroatoms. The van der Waals surface area contributed by atoms with E-state index in [9.17, 15) is 19.8 Å². The van der Waals surface area contributed by atoms with Crippen LogP contribution in [0.5, 0.6) is 0 Å². The fourth-order valence-electron chi connectivity index (χ4n) is 4.07. The monoisotopic (exact) mass is 393 g/mol. The van der Waals surface area contributed by atoms with E-state index in [0.29, 0.717) is 5.65 Å². The zero-order valence-corrected chi connectivity index (χ0v) is 16.2. The Bertz CT molecular complexity index is 1060. The maximum Gasteiger partial charge on any atom is 0.312 e. The number of carboxylic acids is 1. The molecule has 1 fully saturated rings. The van der Waals surface area contributed by atoms with Crippen LogP contribution in [0.2, 0.25) is 0 Å². The summed E-state index contributed by atoms with van der Waals surface area (Å²) < 4.78 is 1.84. The van der Waals surface area contributed by atoms with Gasteiger partial charge < -0.3 is 19.7 Å². The summed E-state index contributed by atoms with van der Waals surface area (Å²) in [6.07, 6.45) is 1.11. The van der Waals surface area contributed by atoms with Crippen LogP contribution in [0, 0.1) is 5.41 Å².